The molecule has 1 saturated heterocycles. The Morgan fingerprint density at radius 1 is 0.929 bits per heavy atom. The molecule has 2 fully saturated rings. The van der Waals surface area contributed by atoms with Gasteiger partial charge in [-0.2, -0.15) is 5.10 Å². The molecule has 1 saturated carbocycles. The van der Waals surface area contributed by atoms with Gasteiger partial charge in [0.1, 0.15) is 12.1 Å². The van der Waals surface area contributed by atoms with Crippen molar-refractivity contribution in [1.82, 2.24) is 25.1 Å². The van der Waals surface area contributed by atoms with Crippen molar-refractivity contribution in [3.8, 4) is 11.1 Å². The van der Waals surface area contributed by atoms with E-state index in [9.17, 15) is 0 Å². The van der Waals surface area contributed by atoms with Gasteiger partial charge in [0.2, 0.25) is 0 Å². The molecule has 1 aromatic carbocycles. The maximum Gasteiger partial charge on any atom is 0.139 e. The number of anilines is 1. The minimum Gasteiger partial charge on any atom is -0.353 e. The second kappa shape index (κ2) is 8.27. The van der Waals surface area contributed by atoms with Gasteiger partial charge in [0.25, 0.3) is 0 Å². The minimum absolute atomic E-state index is 0. The fraction of sp³-hybridized carbons (Fsp3) is 0.500. The van der Waals surface area contributed by atoms with Crippen LogP contribution in [0, 0.1) is 0 Å². The van der Waals surface area contributed by atoms with Gasteiger partial charge in [0.15, 0.2) is 0 Å². The maximum absolute atomic E-state index is 4.66. The molecular weight excluding hydrogens is 348 g/mol. The summed E-state index contributed by atoms with van der Waals surface area (Å²) in [5.74, 6) is 1.06. The first-order chi connectivity index (χ1) is 13.4. The number of nitrogens with one attached hydrogen (secondary N) is 1. The van der Waals surface area contributed by atoms with E-state index in [0.29, 0.717) is 0 Å². The number of hydrogen-bond acceptors (Lipinski definition) is 5. The summed E-state index contributed by atoms with van der Waals surface area (Å²) in [4.78, 5) is 14.3. The highest BCUT2D eigenvalue weighted by Gasteiger charge is 2.26. The third-order valence-electron chi connectivity index (χ3n) is 6.15. The van der Waals surface area contributed by atoms with Crippen molar-refractivity contribution in [3.05, 3.63) is 36.9 Å². The molecule has 0 radical (unpaired) electrons. The molecule has 148 valence electrons. The Bertz CT molecular complexity index is 893. The van der Waals surface area contributed by atoms with Crippen LogP contribution in [0.4, 0.5) is 5.82 Å². The van der Waals surface area contributed by atoms with E-state index < -0.39 is 0 Å². The van der Waals surface area contributed by atoms with Crippen LogP contribution in [-0.2, 0) is 0 Å². The topological polar surface area (TPSA) is 60.9 Å². The molecule has 2 aliphatic rings. The molecular formula is C22H30N6. The van der Waals surface area contributed by atoms with Crippen LogP contribution in [0.1, 0.15) is 39.5 Å². The molecule has 1 aliphatic carbocycles. The van der Waals surface area contributed by atoms with Crippen molar-refractivity contribution < 1.29 is 0 Å². The first-order valence-corrected chi connectivity index (χ1v) is 10.1. The van der Waals surface area contributed by atoms with Crippen molar-refractivity contribution in [2.75, 3.05) is 31.1 Å². The zero-order valence-corrected chi connectivity index (χ0v) is 15.6. The van der Waals surface area contributed by atoms with Crippen LogP contribution in [0.2, 0.25) is 0 Å². The molecule has 1 N–H and O–H groups in total. The van der Waals surface area contributed by atoms with E-state index in [1.165, 1.54) is 32.1 Å². The third-order valence-corrected chi connectivity index (χ3v) is 6.15. The number of rotatable bonds is 3. The Morgan fingerprint density at radius 2 is 1.75 bits per heavy atom. The molecule has 5 rings (SSSR count). The van der Waals surface area contributed by atoms with Gasteiger partial charge in [-0.05, 0) is 30.5 Å². The van der Waals surface area contributed by atoms with Crippen molar-refractivity contribution in [3.63, 3.8) is 0 Å². The molecule has 0 bridgehead atoms. The van der Waals surface area contributed by atoms with Gasteiger partial charge in [-0.25, -0.2) is 9.97 Å². The average Bonchev–Trinajstić information content (AvgIpc) is 3.29. The van der Waals surface area contributed by atoms with Gasteiger partial charge in [-0.15, -0.1) is 0 Å². The number of piperazine rings is 1. The van der Waals surface area contributed by atoms with Crippen LogP contribution in [0.3, 0.4) is 0 Å². The normalized spacial score (nSPS) is 18.9. The highest BCUT2D eigenvalue weighted by molar-refractivity contribution is 5.92. The number of aromatic nitrogens is 4. The van der Waals surface area contributed by atoms with Crippen LogP contribution in [0.5, 0.6) is 0 Å². The van der Waals surface area contributed by atoms with Crippen molar-refractivity contribution in [2.24, 2.45) is 0 Å². The molecule has 2 aromatic heterocycles. The Hall–Kier alpha value is -2.47. The quantitative estimate of drug-likeness (QED) is 0.743. The number of hydrogen-bond donors (Lipinski definition) is 1. The Balaban J connectivity index is 0.00000192. The Kier molecular flexibility index (Phi) is 5.57. The summed E-state index contributed by atoms with van der Waals surface area (Å²) in [6.45, 7) is 4.35. The summed E-state index contributed by atoms with van der Waals surface area (Å²) in [6, 6.07) is 7.19. The number of benzene rings is 1. The lowest BCUT2D eigenvalue weighted by atomic mass is 9.94. The largest absolute Gasteiger partial charge is 0.353 e. The van der Waals surface area contributed by atoms with Gasteiger partial charge in [-0.3, -0.25) is 10.00 Å². The summed E-state index contributed by atoms with van der Waals surface area (Å²) in [7, 11) is 0. The van der Waals surface area contributed by atoms with E-state index in [2.05, 4.69) is 48.2 Å². The molecule has 1 aliphatic heterocycles. The van der Waals surface area contributed by atoms with Crippen LogP contribution in [0.15, 0.2) is 36.9 Å². The van der Waals surface area contributed by atoms with Gasteiger partial charge < -0.3 is 4.90 Å². The first-order valence-electron chi connectivity index (χ1n) is 10.1. The number of nitrogens with zero attached hydrogens (tertiary/aromatic N) is 5. The molecule has 6 heteroatoms. The van der Waals surface area contributed by atoms with Crippen LogP contribution in [0.25, 0.3) is 22.0 Å². The van der Waals surface area contributed by atoms with Gasteiger partial charge in [0.05, 0.1) is 11.7 Å². The summed E-state index contributed by atoms with van der Waals surface area (Å²) < 4.78 is 0. The number of fused-ring (bicyclic) bond motifs is 1. The second-order valence-corrected chi connectivity index (χ2v) is 7.73. The van der Waals surface area contributed by atoms with E-state index in [4.69, 9.17) is 0 Å². The van der Waals surface area contributed by atoms with E-state index in [1.54, 1.807) is 6.33 Å². The number of aromatic amines is 1. The fourth-order valence-electron chi connectivity index (χ4n) is 4.63. The SMILES string of the molecule is C.c1nc(N2CCN(C3CCCCC3)CC2)c2cc(-c3cn[nH]c3)ccc2n1. The molecule has 0 unspecified atom stereocenters. The summed E-state index contributed by atoms with van der Waals surface area (Å²) >= 11 is 0. The van der Waals surface area contributed by atoms with E-state index in [-0.39, 0.29) is 7.43 Å². The molecule has 6 nitrogen and oxygen atoms in total. The lowest BCUT2D eigenvalue weighted by Gasteiger charge is -2.41. The Labute approximate surface area is 167 Å². The second-order valence-electron chi connectivity index (χ2n) is 7.73. The fourth-order valence-corrected chi connectivity index (χ4v) is 4.63. The molecule has 3 heterocycles. The van der Waals surface area contributed by atoms with Crippen molar-refractivity contribution in [2.45, 2.75) is 45.6 Å². The highest BCUT2D eigenvalue weighted by atomic mass is 15.3. The third kappa shape index (κ3) is 3.61. The van der Waals surface area contributed by atoms with Gasteiger partial charge in [0, 0.05) is 49.4 Å². The van der Waals surface area contributed by atoms with E-state index >= 15 is 0 Å². The predicted molar refractivity (Wildman–Crippen MR) is 115 cm³/mol. The van der Waals surface area contributed by atoms with Crippen LogP contribution >= 0.6 is 0 Å². The van der Waals surface area contributed by atoms with Crippen LogP contribution in [-0.4, -0.2) is 57.3 Å². The Morgan fingerprint density at radius 3 is 2.50 bits per heavy atom. The zero-order valence-electron chi connectivity index (χ0n) is 15.6. The smallest absolute Gasteiger partial charge is 0.139 e. The highest BCUT2D eigenvalue weighted by Crippen LogP contribution is 2.30. The van der Waals surface area contributed by atoms with Gasteiger partial charge in [-0.1, -0.05) is 32.8 Å². The van der Waals surface area contributed by atoms with Crippen molar-refractivity contribution >= 4 is 16.7 Å². The first kappa shape index (κ1) is 18.9. The predicted octanol–water partition coefficient (Wildman–Crippen LogP) is 4.11. The zero-order chi connectivity index (χ0) is 18.1. The van der Waals surface area contributed by atoms with E-state index in [1.807, 2.05) is 12.4 Å². The molecule has 0 amide bonds. The average molecular weight is 379 g/mol. The van der Waals surface area contributed by atoms with Crippen LogP contribution < -0.4 is 4.90 Å². The van der Waals surface area contributed by atoms with E-state index in [0.717, 1.165) is 60.1 Å². The standard InChI is InChI=1S/C21H26N6.CH4/c1-2-4-18(5-3-1)26-8-10-27(11-9-26)21-19-12-16(17-13-24-25-14-17)6-7-20(19)22-15-23-21;/h6-7,12-15,18H,1-5,8-11H2,(H,24,25);1H4. The minimum atomic E-state index is 0. The monoisotopic (exact) mass is 378 g/mol. The molecule has 0 spiro atoms. The lowest BCUT2D eigenvalue weighted by molar-refractivity contribution is 0.148. The molecule has 28 heavy (non-hydrogen) atoms. The summed E-state index contributed by atoms with van der Waals surface area (Å²) in [5, 5.41) is 8.09. The summed E-state index contributed by atoms with van der Waals surface area (Å²) in [6.07, 6.45) is 12.5. The van der Waals surface area contributed by atoms with Crippen molar-refractivity contribution in [1.29, 1.82) is 0 Å². The lowest BCUT2D eigenvalue weighted by Crippen LogP contribution is -2.51. The summed E-state index contributed by atoms with van der Waals surface area (Å²) in [5.41, 5.74) is 3.24. The number of H-pyrrole nitrogens is 1. The maximum atomic E-state index is 4.66. The molecule has 3 aromatic rings. The molecule has 0 atom stereocenters. The van der Waals surface area contributed by atoms with Gasteiger partial charge >= 0.3 is 0 Å².